The topological polar surface area (TPSA) is 27.7 Å². The number of rotatable bonds is 9. The van der Waals surface area contributed by atoms with Gasteiger partial charge in [0.15, 0.2) is 0 Å². The second kappa shape index (κ2) is 12.7. The molecule has 0 radical (unpaired) electrons. The first-order valence-corrected chi connectivity index (χ1v) is 14.9. The van der Waals surface area contributed by atoms with Gasteiger partial charge in [-0.3, -0.25) is 0 Å². The van der Waals surface area contributed by atoms with E-state index in [4.69, 9.17) is 14.2 Å². The number of aryl methyl sites for hydroxylation is 6. The van der Waals surface area contributed by atoms with E-state index < -0.39 is 0 Å². The number of hydrogen-bond donors (Lipinski definition) is 0. The molecule has 0 unspecified atom stereocenters. The minimum Gasteiger partial charge on any atom is -0.496 e. The lowest BCUT2D eigenvalue weighted by Gasteiger charge is -2.25. The van der Waals surface area contributed by atoms with Crippen LogP contribution in [0, 0.1) is 62.3 Å². The minimum absolute atomic E-state index is 0.705. The Bertz CT molecular complexity index is 1360. The molecule has 0 heterocycles. The summed E-state index contributed by atoms with van der Waals surface area (Å²) in [6.07, 6.45) is 2.11. The van der Waals surface area contributed by atoms with Crippen molar-refractivity contribution in [2.45, 2.75) is 81.6 Å². The molecule has 0 aliphatic heterocycles. The van der Waals surface area contributed by atoms with Gasteiger partial charge in [-0.2, -0.15) is 0 Å². The van der Waals surface area contributed by atoms with Crippen LogP contribution in [0.25, 0.3) is 0 Å². The summed E-state index contributed by atoms with van der Waals surface area (Å²) in [5, 5.41) is 0. The molecule has 0 amide bonds. The molecule has 0 fully saturated rings. The molecule has 42 heavy (non-hydrogen) atoms. The van der Waals surface area contributed by atoms with Gasteiger partial charge in [0.05, 0.1) is 21.3 Å². The van der Waals surface area contributed by atoms with Gasteiger partial charge in [-0.15, -0.1) is 0 Å². The average Bonchev–Trinajstić information content (AvgIpc) is 2.93. The van der Waals surface area contributed by atoms with E-state index >= 15 is 0 Å². The van der Waals surface area contributed by atoms with Crippen LogP contribution >= 0.6 is 0 Å². The lowest BCUT2D eigenvalue weighted by molar-refractivity contribution is 0.359. The smallest absolute Gasteiger partial charge is 0.133 e. The first kappa shape index (κ1) is 31.2. The Hall–Kier alpha value is -3.72. The van der Waals surface area contributed by atoms with Crippen molar-refractivity contribution in [2.24, 2.45) is 0 Å². The molecule has 0 saturated heterocycles. The van der Waals surface area contributed by atoms with Crippen molar-refractivity contribution in [3.8, 4) is 17.2 Å². The van der Waals surface area contributed by atoms with Crippen LogP contribution in [0.4, 0.5) is 0 Å². The predicted octanol–water partition coefficient (Wildman–Crippen LogP) is 9.26. The van der Waals surface area contributed by atoms with Crippen molar-refractivity contribution in [3.63, 3.8) is 0 Å². The van der Waals surface area contributed by atoms with Crippen LogP contribution in [0.1, 0.15) is 83.5 Å². The first-order valence-electron chi connectivity index (χ1n) is 14.9. The largest absolute Gasteiger partial charge is 0.496 e. The molecule has 0 aromatic heterocycles. The fourth-order valence-electron chi connectivity index (χ4n) is 6.37. The Labute approximate surface area is 253 Å². The number of methoxy groups -OCH3 is 3. The molecule has 3 nitrogen and oxygen atoms in total. The van der Waals surface area contributed by atoms with Gasteiger partial charge in [0, 0.05) is 36.0 Å². The highest BCUT2D eigenvalue weighted by Crippen LogP contribution is 2.47. The van der Waals surface area contributed by atoms with Gasteiger partial charge in [0.2, 0.25) is 0 Å². The molecule has 4 aromatic carbocycles. The van der Waals surface area contributed by atoms with Crippen molar-refractivity contribution in [1.29, 1.82) is 0 Å². The van der Waals surface area contributed by atoms with Gasteiger partial charge in [-0.1, -0.05) is 36.4 Å². The first-order chi connectivity index (χ1) is 19.9. The SMILES string of the molecule is COc1c(Cc2cc(C)c(C)c(C)c2)c(OC)c(Cc2cc(C)c(C)c(C)c2)c(OC)c1Cc1cc(C)c(C)c(C)c1. The summed E-state index contributed by atoms with van der Waals surface area (Å²) < 4.78 is 18.8. The normalized spacial score (nSPS) is 11.1. The molecule has 0 spiro atoms. The monoisotopic (exact) mass is 564 g/mol. The third kappa shape index (κ3) is 6.07. The fourth-order valence-corrected chi connectivity index (χ4v) is 6.37. The van der Waals surface area contributed by atoms with E-state index in [1.807, 2.05) is 0 Å². The highest BCUT2D eigenvalue weighted by molar-refractivity contribution is 5.66. The summed E-state index contributed by atoms with van der Waals surface area (Å²) in [6, 6.07) is 13.8. The van der Waals surface area contributed by atoms with Gasteiger partial charge in [-0.25, -0.2) is 0 Å². The quantitative estimate of drug-likeness (QED) is 0.203. The zero-order valence-electron chi connectivity index (χ0n) is 27.8. The Balaban J connectivity index is 2.01. The highest BCUT2D eigenvalue weighted by atomic mass is 16.5. The lowest BCUT2D eigenvalue weighted by Crippen LogP contribution is -2.10. The fraction of sp³-hybridized carbons (Fsp3) is 0.385. The van der Waals surface area contributed by atoms with Crippen LogP contribution in [0.2, 0.25) is 0 Å². The second-order valence-corrected chi connectivity index (χ2v) is 12.1. The van der Waals surface area contributed by atoms with E-state index in [0.717, 1.165) is 33.9 Å². The molecule has 0 N–H and O–H groups in total. The second-order valence-electron chi connectivity index (χ2n) is 12.1. The van der Waals surface area contributed by atoms with Crippen molar-refractivity contribution in [2.75, 3.05) is 21.3 Å². The van der Waals surface area contributed by atoms with E-state index in [0.29, 0.717) is 19.3 Å². The van der Waals surface area contributed by atoms with Gasteiger partial charge < -0.3 is 14.2 Å². The molecular weight excluding hydrogens is 516 g/mol. The van der Waals surface area contributed by atoms with Crippen molar-refractivity contribution < 1.29 is 14.2 Å². The van der Waals surface area contributed by atoms with Crippen molar-refractivity contribution in [1.82, 2.24) is 0 Å². The van der Waals surface area contributed by atoms with Crippen LogP contribution < -0.4 is 14.2 Å². The molecule has 3 heteroatoms. The van der Waals surface area contributed by atoms with E-state index in [1.54, 1.807) is 21.3 Å². The maximum Gasteiger partial charge on any atom is 0.133 e. The number of hydrogen-bond acceptors (Lipinski definition) is 3. The highest BCUT2D eigenvalue weighted by Gasteiger charge is 2.27. The summed E-state index contributed by atoms with van der Waals surface area (Å²) in [5.41, 5.74) is 18.7. The molecule has 0 aliphatic rings. The van der Waals surface area contributed by atoms with Crippen LogP contribution in [0.3, 0.4) is 0 Å². The standard InChI is InChI=1S/C39H48O3/c1-22-13-31(14-23(2)28(22)7)19-34-37(40-10)35(20-32-15-24(3)29(8)25(4)16-32)39(42-12)36(38(34)41-11)21-33-17-26(5)30(9)27(6)18-33/h13-18H,19-21H2,1-12H3. The van der Waals surface area contributed by atoms with Gasteiger partial charge in [-0.05, 0) is 129 Å². The molecule has 0 atom stereocenters. The third-order valence-corrected chi connectivity index (χ3v) is 9.36. The van der Waals surface area contributed by atoms with E-state index in [1.165, 1.54) is 66.8 Å². The molecule has 0 saturated carbocycles. The van der Waals surface area contributed by atoms with E-state index in [-0.39, 0.29) is 0 Å². The summed E-state index contributed by atoms with van der Waals surface area (Å²) in [6.45, 7) is 19.7. The van der Waals surface area contributed by atoms with Crippen molar-refractivity contribution >= 4 is 0 Å². The molecule has 4 rings (SSSR count). The molecule has 0 bridgehead atoms. The van der Waals surface area contributed by atoms with Gasteiger partial charge >= 0.3 is 0 Å². The maximum atomic E-state index is 6.27. The zero-order chi connectivity index (χ0) is 30.9. The summed E-state index contributed by atoms with van der Waals surface area (Å²) in [4.78, 5) is 0. The van der Waals surface area contributed by atoms with Crippen molar-refractivity contribution in [3.05, 3.63) is 120 Å². The van der Waals surface area contributed by atoms with Crippen LogP contribution in [-0.4, -0.2) is 21.3 Å². The molecule has 4 aromatic rings. The van der Waals surface area contributed by atoms with Crippen LogP contribution in [0.15, 0.2) is 36.4 Å². The molecular formula is C39H48O3. The zero-order valence-corrected chi connectivity index (χ0v) is 27.8. The molecule has 0 aliphatic carbocycles. The summed E-state index contributed by atoms with van der Waals surface area (Å²) in [5.74, 6) is 2.53. The van der Waals surface area contributed by atoms with Gasteiger partial charge in [0.1, 0.15) is 17.2 Å². The Morgan fingerprint density at radius 2 is 0.548 bits per heavy atom. The predicted molar refractivity (Wildman–Crippen MR) is 176 cm³/mol. The average molecular weight is 565 g/mol. The summed E-state index contributed by atoms with van der Waals surface area (Å²) in [7, 11) is 5.31. The Morgan fingerprint density at radius 3 is 0.714 bits per heavy atom. The minimum atomic E-state index is 0.705. The number of benzene rings is 4. The lowest BCUT2D eigenvalue weighted by atomic mass is 9.87. The van der Waals surface area contributed by atoms with E-state index in [9.17, 15) is 0 Å². The third-order valence-electron chi connectivity index (χ3n) is 9.36. The van der Waals surface area contributed by atoms with Crippen LogP contribution in [0.5, 0.6) is 17.2 Å². The Kier molecular flexibility index (Phi) is 9.40. The summed E-state index contributed by atoms with van der Waals surface area (Å²) >= 11 is 0. The maximum absolute atomic E-state index is 6.27. The van der Waals surface area contributed by atoms with Crippen LogP contribution in [-0.2, 0) is 19.3 Å². The van der Waals surface area contributed by atoms with Gasteiger partial charge in [0.25, 0.3) is 0 Å². The van der Waals surface area contributed by atoms with E-state index in [2.05, 4.69) is 98.7 Å². The molecule has 222 valence electrons. The number of ether oxygens (including phenoxy) is 3. The Morgan fingerprint density at radius 1 is 0.357 bits per heavy atom.